The van der Waals surface area contributed by atoms with Crippen molar-refractivity contribution in [3.63, 3.8) is 0 Å². The number of anilines is 2. The molecule has 3 rings (SSSR count). The van der Waals surface area contributed by atoms with Crippen LogP contribution in [0, 0.1) is 0 Å². The molecule has 2 heterocycles. The zero-order valence-corrected chi connectivity index (χ0v) is 16.5. The largest absolute Gasteiger partial charge is 0.494 e. The van der Waals surface area contributed by atoms with Gasteiger partial charge < -0.3 is 9.64 Å². The van der Waals surface area contributed by atoms with Crippen molar-refractivity contribution in [2.45, 2.75) is 36.8 Å². The Morgan fingerprint density at radius 3 is 2.69 bits per heavy atom. The van der Waals surface area contributed by atoms with Crippen molar-refractivity contribution in [1.82, 2.24) is 0 Å². The average Bonchev–Trinajstić information content (AvgIpc) is 3.12. The van der Waals surface area contributed by atoms with Crippen LogP contribution in [0.3, 0.4) is 0 Å². The lowest BCUT2D eigenvalue weighted by molar-refractivity contribution is -0.119. The molecule has 1 amide bonds. The zero-order chi connectivity index (χ0) is 18.7. The standard InChI is InChI=1S/C18H22N2O4S2/c1-3-14-8-10-18(25-14)26(22,23)19-13-7-9-15(16(12-13)24-2)20-11-5-4-6-17(20)21/h7-10,12,19H,3-6,11H2,1-2H3. The average molecular weight is 395 g/mol. The van der Waals surface area contributed by atoms with Gasteiger partial charge in [-0.05, 0) is 43.5 Å². The van der Waals surface area contributed by atoms with Crippen LogP contribution in [0.15, 0.2) is 34.5 Å². The Morgan fingerprint density at radius 2 is 2.04 bits per heavy atom. The molecule has 0 radical (unpaired) electrons. The van der Waals surface area contributed by atoms with Crippen LogP contribution in [0.2, 0.25) is 0 Å². The Balaban J connectivity index is 1.86. The van der Waals surface area contributed by atoms with Crippen molar-refractivity contribution in [1.29, 1.82) is 0 Å². The minimum absolute atomic E-state index is 0.0635. The number of carbonyl (C=O) groups excluding carboxylic acids is 1. The second-order valence-electron chi connectivity index (χ2n) is 6.07. The number of amides is 1. The number of rotatable bonds is 6. The molecule has 0 atom stereocenters. The molecule has 1 aliphatic rings. The first kappa shape index (κ1) is 18.7. The minimum atomic E-state index is -3.64. The Morgan fingerprint density at radius 1 is 1.23 bits per heavy atom. The molecule has 0 bridgehead atoms. The number of ether oxygens (including phenoxy) is 1. The smallest absolute Gasteiger partial charge is 0.271 e. The summed E-state index contributed by atoms with van der Waals surface area (Å²) in [4.78, 5) is 14.9. The molecule has 0 saturated carbocycles. The van der Waals surface area contributed by atoms with E-state index in [9.17, 15) is 13.2 Å². The van der Waals surface area contributed by atoms with Gasteiger partial charge in [0.15, 0.2) is 0 Å². The fraction of sp³-hybridized carbons (Fsp3) is 0.389. The molecule has 1 saturated heterocycles. The predicted molar refractivity (Wildman–Crippen MR) is 104 cm³/mol. The Bertz CT molecular complexity index is 906. The molecular formula is C18H22N2O4S2. The molecule has 1 fully saturated rings. The number of nitrogens with one attached hydrogen (secondary N) is 1. The molecular weight excluding hydrogens is 372 g/mol. The maximum absolute atomic E-state index is 12.6. The van der Waals surface area contributed by atoms with Crippen LogP contribution in [0.1, 0.15) is 31.1 Å². The van der Waals surface area contributed by atoms with Crippen LogP contribution in [0.5, 0.6) is 5.75 Å². The van der Waals surface area contributed by atoms with Gasteiger partial charge in [-0.25, -0.2) is 8.42 Å². The van der Waals surface area contributed by atoms with Crippen LogP contribution in [-0.2, 0) is 21.2 Å². The van der Waals surface area contributed by atoms with Crippen molar-refractivity contribution in [3.8, 4) is 5.75 Å². The predicted octanol–water partition coefficient (Wildman–Crippen LogP) is 3.64. The van der Waals surface area contributed by atoms with Gasteiger partial charge in [0.1, 0.15) is 9.96 Å². The lowest BCUT2D eigenvalue weighted by Gasteiger charge is -2.28. The lowest BCUT2D eigenvalue weighted by atomic mass is 10.1. The fourth-order valence-electron chi connectivity index (χ4n) is 2.92. The summed E-state index contributed by atoms with van der Waals surface area (Å²) < 4.78 is 33.4. The van der Waals surface area contributed by atoms with E-state index in [1.54, 1.807) is 29.2 Å². The van der Waals surface area contributed by atoms with Gasteiger partial charge in [-0.15, -0.1) is 11.3 Å². The van der Waals surface area contributed by atoms with Crippen LogP contribution in [0.4, 0.5) is 11.4 Å². The third-order valence-corrected chi connectivity index (χ3v) is 7.40. The van der Waals surface area contributed by atoms with Gasteiger partial charge in [0.2, 0.25) is 5.91 Å². The molecule has 26 heavy (non-hydrogen) atoms. The highest BCUT2D eigenvalue weighted by molar-refractivity contribution is 7.94. The third-order valence-electron chi connectivity index (χ3n) is 4.30. The Kier molecular flexibility index (Phi) is 5.52. The number of hydrogen-bond donors (Lipinski definition) is 1. The zero-order valence-electron chi connectivity index (χ0n) is 14.8. The van der Waals surface area contributed by atoms with Gasteiger partial charge in [0.25, 0.3) is 10.0 Å². The normalized spacial score (nSPS) is 15.2. The number of piperidine rings is 1. The molecule has 1 aromatic heterocycles. The highest BCUT2D eigenvalue weighted by Gasteiger charge is 2.23. The van der Waals surface area contributed by atoms with Crippen molar-refractivity contribution in [2.75, 3.05) is 23.3 Å². The van der Waals surface area contributed by atoms with Crippen LogP contribution in [-0.4, -0.2) is 28.0 Å². The number of nitrogens with zero attached hydrogens (tertiary/aromatic N) is 1. The van der Waals surface area contributed by atoms with E-state index in [-0.39, 0.29) is 10.1 Å². The van der Waals surface area contributed by atoms with E-state index in [1.807, 2.05) is 13.0 Å². The quantitative estimate of drug-likeness (QED) is 0.812. The number of aryl methyl sites for hydroxylation is 1. The number of sulfonamides is 1. The molecule has 6 nitrogen and oxygen atoms in total. The van der Waals surface area contributed by atoms with E-state index in [1.165, 1.54) is 18.4 Å². The number of carbonyl (C=O) groups is 1. The van der Waals surface area contributed by atoms with Gasteiger partial charge >= 0.3 is 0 Å². The monoisotopic (exact) mass is 394 g/mol. The van der Waals surface area contributed by atoms with Gasteiger partial charge in [-0.3, -0.25) is 9.52 Å². The summed E-state index contributed by atoms with van der Waals surface area (Å²) >= 11 is 1.26. The maximum Gasteiger partial charge on any atom is 0.271 e. The summed E-state index contributed by atoms with van der Waals surface area (Å²) in [7, 11) is -2.13. The summed E-state index contributed by atoms with van der Waals surface area (Å²) in [5.41, 5.74) is 1.08. The van der Waals surface area contributed by atoms with Gasteiger partial charge in [-0.2, -0.15) is 0 Å². The summed E-state index contributed by atoms with van der Waals surface area (Å²) in [5.74, 6) is 0.537. The number of hydrogen-bond acceptors (Lipinski definition) is 5. The van der Waals surface area contributed by atoms with Gasteiger partial charge in [-0.1, -0.05) is 6.92 Å². The first-order valence-corrected chi connectivity index (χ1v) is 10.8. The molecule has 2 aromatic rings. The molecule has 0 spiro atoms. The molecule has 140 valence electrons. The number of thiophene rings is 1. The maximum atomic E-state index is 12.6. The van der Waals surface area contributed by atoms with Crippen LogP contribution < -0.4 is 14.4 Å². The molecule has 8 heteroatoms. The molecule has 1 N–H and O–H groups in total. The van der Waals surface area contributed by atoms with Crippen molar-refractivity contribution >= 4 is 38.6 Å². The van der Waals surface area contributed by atoms with Crippen molar-refractivity contribution in [2.24, 2.45) is 0 Å². The second-order valence-corrected chi connectivity index (χ2v) is 9.15. The molecule has 1 aliphatic heterocycles. The molecule has 0 aliphatic carbocycles. The number of methoxy groups -OCH3 is 1. The second kappa shape index (κ2) is 7.67. The van der Waals surface area contributed by atoms with Crippen molar-refractivity contribution in [3.05, 3.63) is 35.2 Å². The summed E-state index contributed by atoms with van der Waals surface area (Å²) in [6.07, 6.45) is 3.17. The molecule has 1 aromatic carbocycles. The molecule has 0 unspecified atom stereocenters. The third kappa shape index (κ3) is 3.86. The van der Waals surface area contributed by atoms with Crippen molar-refractivity contribution < 1.29 is 17.9 Å². The van der Waals surface area contributed by atoms with Crippen LogP contribution in [0.25, 0.3) is 0 Å². The summed E-state index contributed by atoms with van der Waals surface area (Å²) in [6.45, 7) is 2.64. The van der Waals surface area contributed by atoms with Crippen LogP contribution >= 0.6 is 11.3 Å². The number of benzene rings is 1. The fourth-order valence-corrected chi connectivity index (χ4v) is 5.27. The first-order valence-electron chi connectivity index (χ1n) is 8.54. The van der Waals surface area contributed by atoms with E-state index >= 15 is 0 Å². The first-order chi connectivity index (χ1) is 12.4. The lowest BCUT2D eigenvalue weighted by Crippen LogP contribution is -2.35. The SMILES string of the molecule is CCc1ccc(S(=O)(=O)Nc2ccc(N3CCCCC3=O)c(OC)c2)s1. The van der Waals surface area contributed by atoms with E-state index in [0.29, 0.717) is 30.1 Å². The Hall–Kier alpha value is -2.06. The Labute approximate surface area is 157 Å². The summed E-state index contributed by atoms with van der Waals surface area (Å²) in [6, 6.07) is 8.44. The van der Waals surface area contributed by atoms with Gasteiger partial charge in [0, 0.05) is 23.9 Å². The highest BCUT2D eigenvalue weighted by atomic mass is 32.2. The van der Waals surface area contributed by atoms with E-state index in [4.69, 9.17) is 4.74 Å². The highest BCUT2D eigenvalue weighted by Crippen LogP contribution is 2.34. The van der Waals surface area contributed by atoms with Gasteiger partial charge in [0.05, 0.1) is 18.5 Å². The minimum Gasteiger partial charge on any atom is -0.494 e. The van der Waals surface area contributed by atoms with E-state index < -0.39 is 10.0 Å². The van der Waals surface area contributed by atoms with E-state index in [0.717, 1.165) is 24.1 Å². The topological polar surface area (TPSA) is 75.7 Å². The summed E-state index contributed by atoms with van der Waals surface area (Å²) in [5, 5.41) is 0. The van der Waals surface area contributed by atoms with E-state index in [2.05, 4.69) is 4.72 Å².